The van der Waals surface area contributed by atoms with Crippen molar-refractivity contribution in [2.45, 2.75) is 95.1 Å². The van der Waals surface area contributed by atoms with Gasteiger partial charge in [0.05, 0.1) is 31.6 Å². The number of fused-ring (bicyclic) bond motifs is 1. The number of nitrogens with zero attached hydrogens (tertiary/aromatic N) is 2. The first kappa shape index (κ1) is 29.2. The summed E-state index contributed by atoms with van der Waals surface area (Å²) in [6.07, 6.45) is 9.46. The van der Waals surface area contributed by atoms with E-state index in [0.29, 0.717) is 56.5 Å². The van der Waals surface area contributed by atoms with Gasteiger partial charge in [0.2, 0.25) is 11.8 Å². The first-order valence-electron chi connectivity index (χ1n) is 15.6. The summed E-state index contributed by atoms with van der Waals surface area (Å²) < 4.78 is 11.8. The van der Waals surface area contributed by atoms with Crippen molar-refractivity contribution in [2.75, 3.05) is 59.2 Å². The van der Waals surface area contributed by atoms with Crippen LogP contribution in [-0.4, -0.2) is 116 Å². The second kappa shape index (κ2) is 14.0. The molecule has 5 fully saturated rings. The fourth-order valence-corrected chi connectivity index (χ4v) is 7.59. The number of aliphatic hydroxyl groups excluding tert-OH is 1. The van der Waals surface area contributed by atoms with Gasteiger partial charge in [0.15, 0.2) is 0 Å². The molecule has 2 saturated carbocycles. The van der Waals surface area contributed by atoms with Gasteiger partial charge in [-0.15, -0.1) is 0 Å². The summed E-state index contributed by atoms with van der Waals surface area (Å²) in [5.74, 6) is 1.61. The van der Waals surface area contributed by atoms with Gasteiger partial charge in [-0.1, -0.05) is 6.42 Å². The summed E-state index contributed by atoms with van der Waals surface area (Å²) in [6, 6.07) is 0.657. The maximum Gasteiger partial charge on any atom is 0.223 e. The van der Waals surface area contributed by atoms with E-state index in [4.69, 9.17) is 9.47 Å². The van der Waals surface area contributed by atoms with Crippen LogP contribution in [0.25, 0.3) is 0 Å². The molecule has 0 aromatic carbocycles. The Labute approximate surface area is 233 Å². The molecule has 2 amide bonds. The van der Waals surface area contributed by atoms with E-state index in [0.717, 1.165) is 84.1 Å². The smallest absolute Gasteiger partial charge is 0.223 e. The van der Waals surface area contributed by atoms with Crippen LogP contribution in [-0.2, 0) is 19.1 Å². The zero-order valence-corrected chi connectivity index (χ0v) is 23.8. The van der Waals surface area contributed by atoms with Crippen LogP contribution in [0.2, 0.25) is 0 Å². The Hall–Kier alpha value is -1.30. The Morgan fingerprint density at radius 2 is 1.95 bits per heavy atom. The number of β-amino-alcohol motifs (C(OH)–C–C–N with tert-alkyl or cyclic N) is 1. The number of carbonyl (C=O) groups is 2. The van der Waals surface area contributed by atoms with Crippen molar-refractivity contribution in [3.63, 3.8) is 0 Å². The highest BCUT2D eigenvalue weighted by atomic mass is 16.5. The normalized spacial score (nSPS) is 36.5. The third kappa shape index (κ3) is 8.36. The SMILES string of the molecule is CC(=O)N1CCC(NC2CCCC(C(=O)NC[C@H](O)CN3CCC4CC(OCC5CNCO5)CCC4C3)C2)C1. The molecule has 10 heteroatoms. The summed E-state index contributed by atoms with van der Waals surface area (Å²) in [5, 5.41) is 20.7. The third-order valence-electron chi connectivity index (χ3n) is 9.84. The number of piperidine rings is 1. The van der Waals surface area contributed by atoms with Crippen molar-refractivity contribution in [3.05, 3.63) is 0 Å². The first-order valence-corrected chi connectivity index (χ1v) is 15.6. The molecule has 0 aromatic heterocycles. The maximum absolute atomic E-state index is 12.9. The van der Waals surface area contributed by atoms with E-state index < -0.39 is 6.10 Å². The number of nitrogens with one attached hydrogen (secondary N) is 3. The number of aliphatic hydroxyl groups is 1. The Balaban J connectivity index is 0.965. The molecule has 5 rings (SSSR count). The molecule has 3 aliphatic heterocycles. The molecule has 7 unspecified atom stereocenters. The average molecular weight is 550 g/mol. The van der Waals surface area contributed by atoms with Crippen molar-refractivity contribution >= 4 is 11.8 Å². The van der Waals surface area contributed by atoms with Crippen molar-refractivity contribution in [1.82, 2.24) is 25.8 Å². The zero-order valence-electron chi connectivity index (χ0n) is 23.8. The third-order valence-corrected chi connectivity index (χ3v) is 9.84. The van der Waals surface area contributed by atoms with Crippen LogP contribution in [0.15, 0.2) is 0 Å². The number of rotatable bonds is 10. The number of likely N-dealkylation sites (tertiary alicyclic amines) is 2. The molecule has 0 radical (unpaired) electrons. The summed E-state index contributed by atoms with van der Waals surface area (Å²) in [7, 11) is 0. The van der Waals surface area contributed by atoms with E-state index in [2.05, 4.69) is 20.9 Å². The maximum atomic E-state index is 12.9. The number of amides is 2. The minimum atomic E-state index is -0.543. The molecule has 3 saturated heterocycles. The second-order valence-corrected chi connectivity index (χ2v) is 12.8. The van der Waals surface area contributed by atoms with Crippen molar-refractivity contribution < 1.29 is 24.2 Å². The van der Waals surface area contributed by atoms with E-state index in [1.807, 2.05) is 4.90 Å². The van der Waals surface area contributed by atoms with Crippen molar-refractivity contribution in [1.29, 1.82) is 0 Å². The van der Waals surface area contributed by atoms with Crippen LogP contribution in [0.3, 0.4) is 0 Å². The molecule has 2 aliphatic carbocycles. The van der Waals surface area contributed by atoms with Gasteiger partial charge in [-0.25, -0.2) is 0 Å². The highest BCUT2D eigenvalue weighted by molar-refractivity contribution is 5.78. The Morgan fingerprint density at radius 3 is 2.74 bits per heavy atom. The van der Waals surface area contributed by atoms with Gasteiger partial charge in [-0.3, -0.25) is 14.9 Å². The molecular weight excluding hydrogens is 498 g/mol. The van der Waals surface area contributed by atoms with Gasteiger partial charge in [-0.2, -0.15) is 0 Å². The van der Waals surface area contributed by atoms with E-state index in [1.54, 1.807) is 6.92 Å². The van der Waals surface area contributed by atoms with Gasteiger partial charge in [-0.05, 0) is 69.7 Å². The van der Waals surface area contributed by atoms with Crippen LogP contribution >= 0.6 is 0 Å². The van der Waals surface area contributed by atoms with E-state index in [-0.39, 0.29) is 23.8 Å². The van der Waals surface area contributed by atoms with Crippen molar-refractivity contribution in [3.8, 4) is 0 Å². The largest absolute Gasteiger partial charge is 0.390 e. The molecule has 0 spiro atoms. The standard InChI is InChI=1S/C29H51N5O5/c1-20(35)34-10-8-25(16-34)32-24-4-2-3-22(11-24)29(37)31-13-26(36)17-33-9-7-21-12-27(6-5-23(21)15-33)38-18-28-14-30-19-39-28/h21-28,30,32,36H,2-19H2,1H3,(H,31,37)/t21?,22?,23?,24?,25?,26-,27?,28?/m0/s1. The number of carbonyl (C=O) groups excluding carboxylic acids is 2. The van der Waals surface area contributed by atoms with E-state index in [1.165, 1.54) is 6.42 Å². The lowest BCUT2D eigenvalue weighted by molar-refractivity contribution is -0.128. The number of hydrogen-bond acceptors (Lipinski definition) is 8. The summed E-state index contributed by atoms with van der Waals surface area (Å²) >= 11 is 0. The molecule has 0 aromatic rings. The molecule has 10 nitrogen and oxygen atoms in total. The zero-order chi connectivity index (χ0) is 27.2. The summed E-state index contributed by atoms with van der Waals surface area (Å²) in [5.41, 5.74) is 0. The van der Waals surface area contributed by atoms with Crippen LogP contribution in [0.1, 0.15) is 64.7 Å². The molecule has 0 bridgehead atoms. The minimum absolute atomic E-state index is 0.00148. The van der Waals surface area contributed by atoms with Crippen LogP contribution in [0.5, 0.6) is 0 Å². The Morgan fingerprint density at radius 1 is 1.05 bits per heavy atom. The molecule has 4 N–H and O–H groups in total. The highest BCUT2D eigenvalue weighted by Gasteiger charge is 2.36. The Bertz CT molecular complexity index is 811. The molecule has 222 valence electrons. The van der Waals surface area contributed by atoms with E-state index in [9.17, 15) is 14.7 Å². The molecule has 8 atom stereocenters. The Kier molecular flexibility index (Phi) is 10.5. The van der Waals surface area contributed by atoms with E-state index >= 15 is 0 Å². The van der Waals surface area contributed by atoms with Gasteiger partial charge >= 0.3 is 0 Å². The highest BCUT2D eigenvalue weighted by Crippen LogP contribution is 2.37. The second-order valence-electron chi connectivity index (χ2n) is 12.8. The lowest BCUT2D eigenvalue weighted by atomic mass is 9.74. The quantitative estimate of drug-likeness (QED) is 0.315. The van der Waals surface area contributed by atoms with Gasteiger partial charge in [0.25, 0.3) is 0 Å². The average Bonchev–Trinajstić information content (AvgIpc) is 3.63. The number of hydrogen-bond donors (Lipinski definition) is 4. The first-order chi connectivity index (χ1) is 18.9. The lowest BCUT2D eigenvalue weighted by Gasteiger charge is -2.44. The molecular formula is C29H51N5O5. The van der Waals surface area contributed by atoms with Gasteiger partial charge in [0, 0.05) is 64.2 Å². The lowest BCUT2D eigenvalue weighted by Crippen LogP contribution is -2.49. The summed E-state index contributed by atoms with van der Waals surface area (Å²) in [4.78, 5) is 28.9. The fourth-order valence-electron chi connectivity index (χ4n) is 7.59. The molecule has 39 heavy (non-hydrogen) atoms. The predicted molar refractivity (Wildman–Crippen MR) is 148 cm³/mol. The topological polar surface area (TPSA) is 115 Å². The van der Waals surface area contributed by atoms with Gasteiger partial charge < -0.3 is 35.0 Å². The minimum Gasteiger partial charge on any atom is -0.390 e. The van der Waals surface area contributed by atoms with Crippen LogP contribution in [0, 0.1) is 17.8 Å². The monoisotopic (exact) mass is 549 g/mol. The van der Waals surface area contributed by atoms with Gasteiger partial charge in [0.1, 0.15) is 0 Å². The predicted octanol–water partition coefficient (Wildman–Crippen LogP) is 0.686. The van der Waals surface area contributed by atoms with Crippen LogP contribution in [0.4, 0.5) is 0 Å². The fraction of sp³-hybridized carbons (Fsp3) is 0.931. The molecule has 3 heterocycles. The molecule has 5 aliphatic rings. The van der Waals surface area contributed by atoms with Crippen LogP contribution < -0.4 is 16.0 Å². The summed E-state index contributed by atoms with van der Waals surface area (Å²) in [6.45, 7) is 8.43. The van der Waals surface area contributed by atoms with Crippen molar-refractivity contribution in [2.24, 2.45) is 17.8 Å². The number of ether oxygens (including phenoxy) is 2.